The highest BCUT2D eigenvalue weighted by atomic mass is 32.2. The number of hydrogen-bond donors (Lipinski definition) is 1. The minimum absolute atomic E-state index is 0.0469. The molecule has 2 aliphatic heterocycles. The number of carbonyl (C=O) groups excluding carboxylic acids is 1. The topological polar surface area (TPSA) is 75.7 Å². The second-order valence-electron chi connectivity index (χ2n) is 5.08. The molecule has 0 aromatic carbocycles. The summed E-state index contributed by atoms with van der Waals surface area (Å²) in [5.41, 5.74) is 0. The lowest BCUT2D eigenvalue weighted by molar-refractivity contribution is -0.131. The van der Waals surface area contributed by atoms with Crippen LogP contribution in [0.15, 0.2) is 0 Å². The van der Waals surface area contributed by atoms with Crippen LogP contribution in [0.2, 0.25) is 0 Å². The largest absolute Gasteiger partial charge is 0.368 e. The number of amides is 1. The molecule has 0 saturated carbocycles. The van der Waals surface area contributed by atoms with Crippen molar-refractivity contribution in [2.24, 2.45) is 0 Å². The third-order valence-corrected chi connectivity index (χ3v) is 5.66. The summed E-state index contributed by atoms with van der Waals surface area (Å²) < 4.78 is 30.3. The second kappa shape index (κ2) is 6.19. The number of nitrogens with zero attached hydrogens (tertiary/aromatic N) is 1. The number of piperidine rings is 1. The Labute approximate surface area is 114 Å². The van der Waals surface area contributed by atoms with Crippen molar-refractivity contribution in [3.05, 3.63) is 0 Å². The van der Waals surface area contributed by atoms with Crippen molar-refractivity contribution < 1.29 is 17.9 Å². The van der Waals surface area contributed by atoms with Gasteiger partial charge in [0.2, 0.25) is 15.9 Å². The van der Waals surface area contributed by atoms with E-state index in [9.17, 15) is 13.2 Å². The van der Waals surface area contributed by atoms with Gasteiger partial charge in [-0.05, 0) is 32.6 Å². The van der Waals surface area contributed by atoms with Crippen LogP contribution in [0.1, 0.15) is 32.6 Å². The third kappa shape index (κ3) is 3.67. The Morgan fingerprint density at radius 1 is 1.32 bits per heavy atom. The number of ether oxygens (including phenoxy) is 1. The maximum Gasteiger partial charge on any atom is 0.249 e. The molecular formula is C12H22N2O4S. The van der Waals surface area contributed by atoms with E-state index >= 15 is 0 Å². The molecule has 7 heteroatoms. The third-order valence-electron chi connectivity index (χ3n) is 3.78. The highest BCUT2D eigenvalue weighted by Crippen LogP contribution is 2.16. The first kappa shape index (κ1) is 14.7. The molecule has 2 aliphatic rings. The van der Waals surface area contributed by atoms with Crippen molar-refractivity contribution in [1.82, 2.24) is 9.62 Å². The van der Waals surface area contributed by atoms with E-state index in [0.717, 1.165) is 12.8 Å². The molecule has 1 unspecified atom stereocenters. The van der Waals surface area contributed by atoms with Crippen molar-refractivity contribution in [1.29, 1.82) is 0 Å². The van der Waals surface area contributed by atoms with Crippen molar-refractivity contribution >= 4 is 15.9 Å². The van der Waals surface area contributed by atoms with Gasteiger partial charge in [-0.25, -0.2) is 12.7 Å². The van der Waals surface area contributed by atoms with Gasteiger partial charge in [0.25, 0.3) is 0 Å². The first-order valence-electron chi connectivity index (χ1n) is 6.92. The molecule has 0 bridgehead atoms. The van der Waals surface area contributed by atoms with E-state index in [1.165, 1.54) is 4.31 Å². The van der Waals surface area contributed by atoms with Crippen LogP contribution >= 0.6 is 0 Å². The number of nitrogens with one attached hydrogen (secondary N) is 1. The Balaban J connectivity index is 1.78. The molecule has 2 rings (SSSR count). The van der Waals surface area contributed by atoms with Crippen molar-refractivity contribution in [2.45, 2.75) is 44.8 Å². The zero-order chi connectivity index (χ0) is 13.9. The first-order chi connectivity index (χ1) is 9.03. The molecule has 0 aliphatic carbocycles. The SMILES string of the molecule is CCS(=O)(=O)N1CCC(NC(=O)C2CCCO2)CC1. The zero-order valence-electron chi connectivity index (χ0n) is 11.3. The summed E-state index contributed by atoms with van der Waals surface area (Å²) in [6.07, 6.45) is 2.77. The van der Waals surface area contributed by atoms with E-state index in [4.69, 9.17) is 4.74 Å². The van der Waals surface area contributed by atoms with Gasteiger partial charge in [-0.3, -0.25) is 4.79 Å². The van der Waals surface area contributed by atoms with Gasteiger partial charge in [0.15, 0.2) is 0 Å². The van der Waals surface area contributed by atoms with E-state index in [2.05, 4.69) is 5.32 Å². The van der Waals surface area contributed by atoms with E-state index in [-0.39, 0.29) is 23.8 Å². The molecule has 6 nitrogen and oxygen atoms in total. The molecule has 19 heavy (non-hydrogen) atoms. The highest BCUT2D eigenvalue weighted by Gasteiger charge is 2.30. The fourth-order valence-electron chi connectivity index (χ4n) is 2.54. The van der Waals surface area contributed by atoms with Crippen LogP contribution in [-0.4, -0.2) is 56.2 Å². The molecule has 0 radical (unpaired) electrons. The number of sulfonamides is 1. The minimum atomic E-state index is -3.09. The fourth-order valence-corrected chi connectivity index (χ4v) is 3.67. The van der Waals surface area contributed by atoms with Gasteiger partial charge in [-0.15, -0.1) is 0 Å². The normalized spacial score (nSPS) is 26.5. The predicted molar refractivity (Wildman–Crippen MR) is 71.2 cm³/mol. The Hall–Kier alpha value is -0.660. The molecule has 2 saturated heterocycles. The lowest BCUT2D eigenvalue weighted by Crippen LogP contribution is -2.48. The Bertz CT molecular complexity index is 409. The monoisotopic (exact) mass is 290 g/mol. The fraction of sp³-hybridized carbons (Fsp3) is 0.917. The standard InChI is InChI=1S/C12H22N2O4S/c1-2-19(16,17)14-7-5-10(6-8-14)13-12(15)11-4-3-9-18-11/h10-11H,2-9H2,1H3,(H,13,15). The molecule has 2 fully saturated rings. The smallest absolute Gasteiger partial charge is 0.249 e. The zero-order valence-corrected chi connectivity index (χ0v) is 12.1. The number of hydrogen-bond acceptors (Lipinski definition) is 4. The minimum Gasteiger partial charge on any atom is -0.368 e. The molecule has 1 amide bonds. The lowest BCUT2D eigenvalue weighted by Gasteiger charge is -2.31. The summed E-state index contributed by atoms with van der Waals surface area (Å²) in [6.45, 7) is 3.30. The number of carbonyl (C=O) groups is 1. The van der Waals surface area contributed by atoms with Crippen molar-refractivity contribution in [3.63, 3.8) is 0 Å². The van der Waals surface area contributed by atoms with Gasteiger partial charge in [0.1, 0.15) is 6.10 Å². The van der Waals surface area contributed by atoms with Crippen LogP contribution in [0.4, 0.5) is 0 Å². The first-order valence-corrected chi connectivity index (χ1v) is 8.53. The molecule has 0 aromatic heterocycles. The molecular weight excluding hydrogens is 268 g/mol. The maximum absolute atomic E-state index is 11.9. The van der Waals surface area contributed by atoms with Crippen LogP contribution in [0, 0.1) is 0 Å². The van der Waals surface area contributed by atoms with Gasteiger partial charge in [-0.2, -0.15) is 0 Å². The van der Waals surface area contributed by atoms with Gasteiger partial charge in [-0.1, -0.05) is 0 Å². The molecule has 2 heterocycles. The van der Waals surface area contributed by atoms with Gasteiger partial charge >= 0.3 is 0 Å². The predicted octanol–water partition coefficient (Wildman–Crippen LogP) is 0.0957. The van der Waals surface area contributed by atoms with Gasteiger partial charge in [0, 0.05) is 25.7 Å². The van der Waals surface area contributed by atoms with Crippen LogP contribution in [0.5, 0.6) is 0 Å². The quantitative estimate of drug-likeness (QED) is 0.796. The van der Waals surface area contributed by atoms with Crippen molar-refractivity contribution in [3.8, 4) is 0 Å². The Kier molecular flexibility index (Phi) is 4.81. The molecule has 0 spiro atoms. The molecule has 110 valence electrons. The summed E-state index contributed by atoms with van der Waals surface area (Å²) in [4.78, 5) is 11.9. The summed E-state index contributed by atoms with van der Waals surface area (Å²) in [7, 11) is -3.09. The summed E-state index contributed by atoms with van der Waals surface area (Å²) in [5.74, 6) is 0.0919. The Morgan fingerprint density at radius 3 is 2.53 bits per heavy atom. The maximum atomic E-state index is 11.9. The van der Waals surface area contributed by atoms with Crippen LogP contribution in [-0.2, 0) is 19.6 Å². The van der Waals surface area contributed by atoms with Crippen molar-refractivity contribution in [2.75, 3.05) is 25.4 Å². The van der Waals surface area contributed by atoms with Crippen LogP contribution < -0.4 is 5.32 Å². The molecule has 0 aromatic rings. The van der Waals surface area contributed by atoms with E-state index in [1.807, 2.05) is 0 Å². The summed E-state index contributed by atoms with van der Waals surface area (Å²) >= 11 is 0. The average molecular weight is 290 g/mol. The highest BCUT2D eigenvalue weighted by molar-refractivity contribution is 7.89. The number of rotatable bonds is 4. The van der Waals surface area contributed by atoms with Crippen LogP contribution in [0.25, 0.3) is 0 Å². The van der Waals surface area contributed by atoms with E-state index in [0.29, 0.717) is 32.5 Å². The molecule has 1 N–H and O–H groups in total. The Morgan fingerprint density at radius 2 is 2.00 bits per heavy atom. The second-order valence-corrected chi connectivity index (χ2v) is 7.34. The summed E-state index contributed by atoms with van der Waals surface area (Å²) in [5, 5.41) is 2.97. The van der Waals surface area contributed by atoms with Gasteiger partial charge < -0.3 is 10.1 Å². The van der Waals surface area contributed by atoms with E-state index < -0.39 is 10.0 Å². The van der Waals surface area contributed by atoms with Crippen LogP contribution in [0.3, 0.4) is 0 Å². The summed E-state index contributed by atoms with van der Waals surface area (Å²) in [6, 6.07) is 0.0695. The van der Waals surface area contributed by atoms with E-state index in [1.54, 1.807) is 6.92 Å². The average Bonchev–Trinajstić information content (AvgIpc) is 2.93. The molecule has 1 atom stereocenters. The van der Waals surface area contributed by atoms with Gasteiger partial charge in [0.05, 0.1) is 5.75 Å². The lowest BCUT2D eigenvalue weighted by atomic mass is 10.1.